The van der Waals surface area contributed by atoms with Crippen molar-refractivity contribution in [2.24, 2.45) is 5.92 Å². The van der Waals surface area contributed by atoms with Gasteiger partial charge in [-0.15, -0.1) is 0 Å². The van der Waals surface area contributed by atoms with Crippen molar-refractivity contribution >= 4 is 5.69 Å². The predicted octanol–water partition coefficient (Wildman–Crippen LogP) is 4.12. The van der Waals surface area contributed by atoms with Gasteiger partial charge in [0, 0.05) is 12.6 Å². The van der Waals surface area contributed by atoms with Gasteiger partial charge in [0.25, 0.3) is 0 Å². The van der Waals surface area contributed by atoms with E-state index in [0.29, 0.717) is 18.0 Å². The molecule has 0 fully saturated rings. The van der Waals surface area contributed by atoms with E-state index in [1.54, 1.807) is 6.92 Å². The minimum absolute atomic E-state index is 0.256. The molecule has 1 unspecified atom stereocenters. The van der Waals surface area contributed by atoms with E-state index in [-0.39, 0.29) is 17.3 Å². The highest BCUT2D eigenvalue weighted by molar-refractivity contribution is 5.46. The third kappa shape index (κ3) is 3.47. The van der Waals surface area contributed by atoms with Crippen LogP contribution in [0.4, 0.5) is 14.5 Å². The SMILES string of the molecule is CCCC(C)CNc1cc(F)c(C)cc1F. The fraction of sp³-hybridized carbons (Fsp3) is 0.538. The molecule has 1 N–H and O–H groups in total. The Hall–Kier alpha value is -1.12. The summed E-state index contributed by atoms with van der Waals surface area (Å²) in [7, 11) is 0. The molecule has 0 saturated heterocycles. The average molecular weight is 227 g/mol. The van der Waals surface area contributed by atoms with Crippen molar-refractivity contribution < 1.29 is 8.78 Å². The number of anilines is 1. The Morgan fingerprint density at radius 2 is 1.94 bits per heavy atom. The number of rotatable bonds is 5. The molecule has 1 aromatic rings. The number of hydrogen-bond donors (Lipinski definition) is 1. The van der Waals surface area contributed by atoms with Crippen LogP contribution in [0.25, 0.3) is 0 Å². The van der Waals surface area contributed by atoms with Gasteiger partial charge in [-0.05, 0) is 30.9 Å². The van der Waals surface area contributed by atoms with Crippen LogP contribution in [0.2, 0.25) is 0 Å². The van der Waals surface area contributed by atoms with Crippen LogP contribution < -0.4 is 5.32 Å². The summed E-state index contributed by atoms with van der Waals surface area (Å²) in [6, 6.07) is 2.45. The standard InChI is InChI=1S/C13H19F2N/c1-4-5-9(2)8-16-13-7-11(14)10(3)6-12(13)15/h6-7,9,16H,4-5,8H2,1-3H3. The van der Waals surface area contributed by atoms with Gasteiger partial charge in [-0.25, -0.2) is 8.78 Å². The summed E-state index contributed by atoms with van der Waals surface area (Å²) in [6.45, 7) is 6.44. The molecule has 0 saturated carbocycles. The summed E-state index contributed by atoms with van der Waals surface area (Å²) < 4.78 is 26.7. The van der Waals surface area contributed by atoms with Crippen molar-refractivity contribution in [3.63, 3.8) is 0 Å². The number of aryl methyl sites for hydroxylation is 1. The molecule has 1 rings (SSSR count). The molecule has 3 heteroatoms. The zero-order valence-electron chi connectivity index (χ0n) is 10.1. The van der Waals surface area contributed by atoms with Gasteiger partial charge in [0.1, 0.15) is 11.6 Å². The summed E-state index contributed by atoms with van der Waals surface area (Å²) in [6.07, 6.45) is 2.19. The van der Waals surface area contributed by atoms with Crippen molar-refractivity contribution in [3.05, 3.63) is 29.3 Å². The Morgan fingerprint density at radius 3 is 2.56 bits per heavy atom. The highest BCUT2D eigenvalue weighted by atomic mass is 19.1. The van der Waals surface area contributed by atoms with Gasteiger partial charge < -0.3 is 5.32 Å². The molecule has 0 spiro atoms. The molecule has 0 aliphatic carbocycles. The quantitative estimate of drug-likeness (QED) is 0.797. The molecule has 0 aromatic heterocycles. The lowest BCUT2D eigenvalue weighted by Gasteiger charge is -2.13. The lowest BCUT2D eigenvalue weighted by atomic mass is 10.1. The van der Waals surface area contributed by atoms with Crippen molar-refractivity contribution in [1.82, 2.24) is 0 Å². The minimum Gasteiger partial charge on any atom is -0.382 e. The van der Waals surface area contributed by atoms with Gasteiger partial charge in [-0.3, -0.25) is 0 Å². The van der Waals surface area contributed by atoms with Gasteiger partial charge in [-0.2, -0.15) is 0 Å². The Bertz CT molecular complexity index is 350. The first-order chi connectivity index (χ1) is 7.54. The highest BCUT2D eigenvalue weighted by Gasteiger charge is 2.08. The van der Waals surface area contributed by atoms with Gasteiger partial charge in [-0.1, -0.05) is 20.3 Å². The summed E-state index contributed by atoms with van der Waals surface area (Å²) in [4.78, 5) is 0. The number of hydrogen-bond acceptors (Lipinski definition) is 1. The third-order valence-corrected chi connectivity index (χ3v) is 2.67. The van der Waals surface area contributed by atoms with Crippen LogP contribution in [0.1, 0.15) is 32.3 Å². The smallest absolute Gasteiger partial charge is 0.146 e. The fourth-order valence-corrected chi connectivity index (χ4v) is 1.66. The zero-order chi connectivity index (χ0) is 12.1. The van der Waals surface area contributed by atoms with Crippen LogP contribution >= 0.6 is 0 Å². The molecule has 0 aliphatic rings. The van der Waals surface area contributed by atoms with E-state index >= 15 is 0 Å². The molecular formula is C13H19F2N. The first kappa shape index (κ1) is 12.9. The second-order valence-corrected chi connectivity index (χ2v) is 4.36. The van der Waals surface area contributed by atoms with Crippen LogP contribution in [0.15, 0.2) is 12.1 Å². The van der Waals surface area contributed by atoms with Gasteiger partial charge >= 0.3 is 0 Å². The molecular weight excluding hydrogens is 208 g/mol. The number of benzene rings is 1. The third-order valence-electron chi connectivity index (χ3n) is 2.67. The van der Waals surface area contributed by atoms with Crippen molar-refractivity contribution in [1.29, 1.82) is 0 Å². The van der Waals surface area contributed by atoms with E-state index in [1.165, 1.54) is 12.1 Å². The van der Waals surface area contributed by atoms with Gasteiger partial charge in [0.2, 0.25) is 0 Å². The maximum Gasteiger partial charge on any atom is 0.146 e. The lowest BCUT2D eigenvalue weighted by molar-refractivity contribution is 0.545. The van der Waals surface area contributed by atoms with Crippen LogP contribution in [-0.2, 0) is 0 Å². The molecule has 0 radical (unpaired) electrons. The molecule has 1 nitrogen and oxygen atoms in total. The van der Waals surface area contributed by atoms with Gasteiger partial charge in [0.15, 0.2) is 0 Å². The highest BCUT2D eigenvalue weighted by Crippen LogP contribution is 2.19. The zero-order valence-corrected chi connectivity index (χ0v) is 10.1. The molecule has 0 aliphatic heterocycles. The first-order valence-corrected chi connectivity index (χ1v) is 5.74. The maximum atomic E-state index is 13.4. The van der Waals surface area contributed by atoms with E-state index in [1.807, 2.05) is 0 Å². The Balaban J connectivity index is 2.63. The summed E-state index contributed by atoms with van der Waals surface area (Å²) >= 11 is 0. The van der Waals surface area contributed by atoms with E-state index in [9.17, 15) is 8.78 Å². The molecule has 0 bridgehead atoms. The maximum absolute atomic E-state index is 13.4. The van der Waals surface area contributed by atoms with Crippen LogP contribution in [0.5, 0.6) is 0 Å². The summed E-state index contributed by atoms with van der Waals surface area (Å²) in [5.41, 5.74) is 0.593. The Labute approximate surface area is 95.9 Å². The average Bonchev–Trinajstić information content (AvgIpc) is 2.22. The first-order valence-electron chi connectivity index (χ1n) is 5.74. The number of halogens is 2. The largest absolute Gasteiger partial charge is 0.382 e. The van der Waals surface area contributed by atoms with Crippen LogP contribution in [0.3, 0.4) is 0 Å². The van der Waals surface area contributed by atoms with Crippen LogP contribution in [0, 0.1) is 24.5 Å². The van der Waals surface area contributed by atoms with E-state index in [2.05, 4.69) is 19.2 Å². The van der Waals surface area contributed by atoms with Crippen molar-refractivity contribution in [2.75, 3.05) is 11.9 Å². The molecule has 16 heavy (non-hydrogen) atoms. The second-order valence-electron chi connectivity index (χ2n) is 4.36. The molecule has 0 heterocycles. The van der Waals surface area contributed by atoms with E-state index in [4.69, 9.17) is 0 Å². The fourth-order valence-electron chi connectivity index (χ4n) is 1.66. The molecule has 90 valence electrons. The Morgan fingerprint density at radius 1 is 1.25 bits per heavy atom. The number of nitrogens with one attached hydrogen (secondary N) is 1. The van der Waals surface area contributed by atoms with E-state index in [0.717, 1.165) is 12.8 Å². The molecule has 1 aromatic carbocycles. The predicted molar refractivity (Wildman–Crippen MR) is 63.7 cm³/mol. The van der Waals surface area contributed by atoms with Crippen molar-refractivity contribution in [2.45, 2.75) is 33.6 Å². The van der Waals surface area contributed by atoms with Crippen molar-refractivity contribution in [3.8, 4) is 0 Å². The summed E-state index contributed by atoms with van der Waals surface area (Å²) in [5, 5.41) is 2.95. The topological polar surface area (TPSA) is 12.0 Å². The summed E-state index contributed by atoms with van der Waals surface area (Å²) in [5.74, 6) is -0.289. The van der Waals surface area contributed by atoms with E-state index < -0.39 is 0 Å². The molecule has 0 amide bonds. The van der Waals surface area contributed by atoms with Gasteiger partial charge in [0.05, 0.1) is 5.69 Å². The normalized spacial score (nSPS) is 12.6. The second kappa shape index (κ2) is 5.83. The van der Waals surface area contributed by atoms with Crippen LogP contribution in [-0.4, -0.2) is 6.54 Å². The molecule has 1 atom stereocenters. The monoisotopic (exact) mass is 227 g/mol. The minimum atomic E-state index is -0.386. The lowest BCUT2D eigenvalue weighted by Crippen LogP contribution is -2.12. The Kier molecular flexibility index (Phi) is 4.71.